The van der Waals surface area contributed by atoms with E-state index in [4.69, 9.17) is 0 Å². The lowest BCUT2D eigenvalue weighted by atomic mass is 10.0. The lowest BCUT2D eigenvalue weighted by Gasteiger charge is -2.17. The molecule has 0 spiro atoms. The predicted molar refractivity (Wildman–Crippen MR) is 78.6 cm³/mol. The lowest BCUT2D eigenvalue weighted by molar-refractivity contribution is 0.432. The normalized spacial score (nSPS) is 14.9. The first-order valence-corrected chi connectivity index (χ1v) is 7.00. The molecule has 1 unspecified atom stereocenters. The van der Waals surface area contributed by atoms with E-state index in [-0.39, 0.29) is 11.8 Å². The Bertz CT molecular complexity index is 639. The maximum absolute atomic E-state index is 13.3. The SMILES string of the molecule is CC(Nc1ccc(O)c(F)c1)c1ccc2c(c1)CCC2. The Morgan fingerprint density at radius 1 is 1.10 bits per heavy atom. The summed E-state index contributed by atoms with van der Waals surface area (Å²) in [5.41, 5.74) is 4.78. The number of fused-ring (bicyclic) bond motifs is 1. The Balaban J connectivity index is 1.78. The van der Waals surface area contributed by atoms with Crippen molar-refractivity contribution in [1.29, 1.82) is 0 Å². The largest absolute Gasteiger partial charge is 0.505 e. The summed E-state index contributed by atoms with van der Waals surface area (Å²) in [6.45, 7) is 2.06. The van der Waals surface area contributed by atoms with Crippen molar-refractivity contribution in [2.75, 3.05) is 5.32 Å². The van der Waals surface area contributed by atoms with Crippen LogP contribution in [0.5, 0.6) is 5.75 Å². The van der Waals surface area contributed by atoms with Crippen molar-refractivity contribution >= 4 is 5.69 Å². The monoisotopic (exact) mass is 271 g/mol. The highest BCUT2D eigenvalue weighted by molar-refractivity contribution is 5.49. The second kappa shape index (κ2) is 5.16. The Labute approximate surface area is 118 Å². The molecule has 0 amide bonds. The molecular weight excluding hydrogens is 253 g/mol. The molecule has 2 N–H and O–H groups in total. The molecule has 1 aliphatic carbocycles. The third-order valence-electron chi connectivity index (χ3n) is 3.95. The van der Waals surface area contributed by atoms with Gasteiger partial charge in [-0.05, 0) is 55.0 Å². The van der Waals surface area contributed by atoms with Gasteiger partial charge in [0.15, 0.2) is 11.6 Å². The first-order chi connectivity index (χ1) is 9.63. The number of hydrogen-bond donors (Lipinski definition) is 2. The van der Waals surface area contributed by atoms with Crippen molar-refractivity contribution in [1.82, 2.24) is 0 Å². The molecule has 2 aromatic rings. The van der Waals surface area contributed by atoms with Gasteiger partial charge < -0.3 is 10.4 Å². The highest BCUT2D eigenvalue weighted by atomic mass is 19.1. The van der Waals surface area contributed by atoms with Gasteiger partial charge in [-0.3, -0.25) is 0 Å². The standard InChI is InChI=1S/C17H18FNO/c1-11(19-15-7-8-17(20)16(18)10-15)13-6-5-12-3-2-4-14(12)9-13/h5-11,19-20H,2-4H2,1H3. The minimum atomic E-state index is -0.601. The molecule has 0 fully saturated rings. The molecule has 20 heavy (non-hydrogen) atoms. The third-order valence-corrected chi connectivity index (χ3v) is 3.95. The first-order valence-electron chi connectivity index (χ1n) is 7.00. The smallest absolute Gasteiger partial charge is 0.166 e. The summed E-state index contributed by atoms with van der Waals surface area (Å²) in [5, 5.41) is 12.5. The van der Waals surface area contributed by atoms with Gasteiger partial charge in [0.05, 0.1) is 0 Å². The summed E-state index contributed by atoms with van der Waals surface area (Å²) in [6.07, 6.45) is 3.58. The van der Waals surface area contributed by atoms with Crippen molar-refractivity contribution in [3.63, 3.8) is 0 Å². The molecule has 0 bridgehead atoms. The van der Waals surface area contributed by atoms with E-state index < -0.39 is 5.82 Å². The van der Waals surface area contributed by atoms with Crippen LogP contribution in [0.2, 0.25) is 0 Å². The minimum absolute atomic E-state index is 0.102. The average molecular weight is 271 g/mol. The fourth-order valence-electron chi connectivity index (χ4n) is 2.79. The van der Waals surface area contributed by atoms with Gasteiger partial charge in [0.1, 0.15) is 0 Å². The summed E-state index contributed by atoms with van der Waals surface area (Å²) in [6, 6.07) is 11.1. The fraction of sp³-hybridized carbons (Fsp3) is 0.294. The van der Waals surface area contributed by atoms with E-state index in [9.17, 15) is 9.50 Å². The highest BCUT2D eigenvalue weighted by Crippen LogP contribution is 2.28. The zero-order valence-electron chi connectivity index (χ0n) is 11.5. The highest BCUT2D eigenvalue weighted by Gasteiger charge is 2.13. The summed E-state index contributed by atoms with van der Waals surface area (Å²) in [5.74, 6) is -0.920. The van der Waals surface area contributed by atoms with Gasteiger partial charge in [-0.15, -0.1) is 0 Å². The molecule has 0 aromatic heterocycles. The minimum Gasteiger partial charge on any atom is -0.505 e. The number of aryl methyl sites for hydroxylation is 2. The van der Waals surface area contributed by atoms with E-state index in [1.807, 2.05) is 0 Å². The molecule has 0 aliphatic heterocycles. The van der Waals surface area contributed by atoms with Crippen LogP contribution < -0.4 is 5.32 Å². The van der Waals surface area contributed by atoms with E-state index in [1.54, 1.807) is 6.07 Å². The summed E-state index contributed by atoms with van der Waals surface area (Å²) >= 11 is 0. The van der Waals surface area contributed by atoms with Crippen LogP contribution in [-0.4, -0.2) is 5.11 Å². The number of rotatable bonds is 3. The Morgan fingerprint density at radius 2 is 1.90 bits per heavy atom. The summed E-state index contributed by atoms with van der Waals surface area (Å²) in [4.78, 5) is 0. The maximum atomic E-state index is 13.3. The molecule has 0 saturated carbocycles. The van der Waals surface area contributed by atoms with Crippen LogP contribution >= 0.6 is 0 Å². The van der Waals surface area contributed by atoms with Crippen LogP contribution in [0.4, 0.5) is 10.1 Å². The molecule has 2 nitrogen and oxygen atoms in total. The van der Waals surface area contributed by atoms with Gasteiger partial charge in [-0.2, -0.15) is 0 Å². The van der Waals surface area contributed by atoms with Crippen LogP contribution in [0.25, 0.3) is 0 Å². The zero-order chi connectivity index (χ0) is 14.1. The predicted octanol–water partition coefficient (Wildman–Crippen LogP) is 4.19. The van der Waals surface area contributed by atoms with Crippen molar-refractivity contribution in [2.24, 2.45) is 0 Å². The average Bonchev–Trinajstić information content (AvgIpc) is 2.90. The molecular formula is C17H18FNO. The third kappa shape index (κ3) is 2.48. The van der Waals surface area contributed by atoms with Gasteiger partial charge in [-0.25, -0.2) is 4.39 Å². The van der Waals surface area contributed by atoms with E-state index in [2.05, 4.69) is 30.4 Å². The topological polar surface area (TPSA) is 32.3 Å². The van der Waals surface area contributed by atoms with Crippen LogP contribution in [0.15, 0.2) is 36.4 Å². The lowest BCUT2D eigenvalue weighted by Crippen LogP contribution is -2.07. The van der Waals surface area contributed by atoms with Gasteiger partial charge >= 0.3 is 0 Å². The Morgan fingerprint density at radius 3 is 2.70 bits per heavy atom. The Hall–Kier alpha value is -2.03. The second-order valence-electron chi connectivity index (χ2n) is 5.41. The molecule has 0 saturated heterocycles. The molecule has 0 heterocycles. The Kier molecular flexibility index (Phi) is 3.35. The number of hydrogen-bond acceptors (Lipinski definition) is 2. The summed E-state index contributed by atoms with van der Waals surface area (Å²) in [7, 11) is 0. The van der Waals surface area contributed by atoms with Crippen molar-refractivity contribution in [3.05, 3.63) is 58.9 Å². The first kappa shape index (κ1) is 13.0. The fourth-order valence-corrected chi connectivity index (χ4v) is 2.79. The number of nitrogens with one attached hydrogen (secondary N) is 1. The van der Waals surface area contributed by atoms with Crippen LogP contribution in [-0.2, 0) is 12.8 Å². The van der Waals surface area contributed by atoms with Crippen molar-refractivity contribution in [2.45, 2.75) is 32.2 Å². The van der Waals surface area contributed by atoms with Gasteiger partial charge in [-0.1, -0.05) is 18.2 Å². The number of anilines is 1. The number of aromatic hydroxyl groups is 1. The van der Waals surface area contributed by atoms with E-state index >= 15 is 0 Å². The molecule has 2 aromatic carbocycles. The summed E-state index contributed by atoms with van der Waals surface area (Å²) < 4.78 is 13.3. The van der Waals surface area contributed by atoms with Crippen LogP contribution in [0, 0.1) is 5.82 Å². The van der Waals surface area contributed by atoms with E-state index in [0.717, 1.165) is 6.42 Å². The zero-order valence-corrected chi connectivity index (χ0v) is 11.5. The quantitative estimate of drug-likeness (QED) is 0.820. The van der Waals surface area contributed by atoms with Crippen molar-refractivity contribution in [3.8, 4) is 5.75 Å². The van der Waals surface area contributed by atoms with Gasteiger partial charge in [0.2, 0.25) is 0 Å². The molecule has 3 rings (SSSR count). The molecule has 3 heteroatoms. The molecule has 1 atom stereocenters. The van der Waals surface area contributed by atoms with E-state index in [0.29, 0.717) is 5.69 Å². The number of halogens is 1. The second-order valence-corrected chi connectivity index (χ2v) is 5.41. The van der Waals surface area contributed by atoms with Gasteiger partial charge in [0.25, 0.3) is 0 Å². The van der Waals surface area contributed by atoms with Crippen LogP contribution in [0.1, 0.15) is 36.1 Å². The van der Waals surface area contributed by atoms with Gasteiger partial charge in [0, 0.05) is 17.8 Å². The van der Waals surface area contributed by atoms with Crippen LogP contribution in [0.3, 0.4) is 0 Å². The molecule has 104 valence electrons. The number of benzene rings is 2. The van der Waals surface area contributed by atoms with E-state index in [1.165, 1.54) is 41.7 Å². The number of phenols is 1. The molecule has 1 aliphatic rings. The van der Waals surface area contributed by atoms with Crippen molar-refractivity contribution < 1.29 is 9.50 Å². The number of phenolic OH excluding ortho intramolecular Hbond substituents is 1. The maximum Gasteiger partial charge on any atom is 0.166 e. The molecule has 0 radical (unpaired) electrons.